The molecule has 0 radical (unpaired) electrons. The summed E-state index contributed by atoms with van der Waals surface area (Å²) in [6, 6.07) is 0. The Labute approximate surface area is 92.6 Å². The summed E-state index contributed by atoms with van der Waals surface area (Å²) in [4.78, 5) is 32.8. The minimum absolute atomic E-state index is 0.457. The molecule has 6 nitrogen and oxygen atoms in total. The van der Waals surface area contributed by atoms with Gasteiger partial charge in [-0.05, 0) is 12.8 Å². The highest BCUT2D eigenvalue weighted by Crippen LogP contribution is 2.30. The molecule has 0 aromatic heterocycles. The molecule has 1 saturated carbocycles. The molecular weight excluding hydrogens is 214 g/mol. The maximum atomic E-state index is 11.6. The van der Waals surface area contributed by atoms with E-state index in [1.165, 1.54) is 0 Å². The molecule has 1 aliphatic carbocycles. The number of carboxylic acids is 2. The van der Waals surface area contributed by atoms with Gasteiger partial charge in [0.2, 0.25) is 5.91 Å². The lowest BCUT2D eigenvalue weighted by atomic mass is 9.79. The number of carboxylic acid groups (broad SMARTS) is 2. The van der Waals surface area contributed by atoms with Crippen LogP contribution in [0.2, 0.25) is 0 Å². The molecule has 0 aromatic carbocycles. The summed E-state index contributed by atoms with van der Waals surface area (Å²) in [5, 5.41) is 19.6. The Morgan fingerprint density at radius 2 is 1.62 bits per heavy atom. The van der Waals surface area contributed by atoms with Crippen molar-refractivity contribution < 1.29 is 24.6 Å². The molecule has 0 bridgehead atoms. The van der Waals surface area contributed by atoms with Crippen LogP contribution in [0.4, 0.5) is 0 Å². The van der Waals surface area contributed by atoms with Crippen LogP contribution in [0.15, 0.2) is 0 Å². The number of aliphatic carboxylic acids is 2. The van der Waals surface area contributed by atoms with Gasteiger partial charge in [0.25, 0.3) is 0 Å². The Kier molecular flexibility index (Phi) is 4.28. The van der Waals surface area contributed by atoms with E-state index in [0.29, 0.717) is 12.8 Å². The Morgan fingerprint density at radius 3 is 2.12 bits per heavy atom. The van der Waals surface area contributed by atoms with E-state index in [2.05, 4.69) is 5.32 Å². The molecule has 0 unspecified atom stereocenters. The van der Waals surface area contributed by atoms with Crippen LogP contribution in [0.3, 0.4) is 0 Å². The first-order valence-corrected chi connectivity index (χ1v) is 5.24. The van der Waals surface area contributed by atoms with Crippen molar-refractivity contribution in [2.45, 2.75) is 25.7 Å². The van der Waals surface area contributed by atoms with E-state index in [1.807, 2.05) is 0 Å². The number of hydrogen-bond acceptors (Lipinski definition) is 3. The van der Waals surface area contributed by atoms with Gasteiger partial charge in [-0.3, -0.25) is 14.4 Å². The van der Waals surface area contributed by atoms with Crippen molar-refractivity contribution in [3.8, 4) is 0 Å². The van der Waals surface area contributed by atoms with Crippen LogP contribution < -0.4 is 5.32 Å². The molecule has 90 valence electrons. The summed E-state index contributed by atoms with van der Waals surface area (Å²) in [5.41, 5.74) is 0. The van der Waals surface area contributed by atoms with E-state index in [4.69, 9.17) is 10.2 Å². The van der Waals surface area contributed by atoms with Gasteiger partial charge in [-0.15, -0.1) is 0 Å². The van der Waals surface area contributed by atoms with Gasteiger partial charge in [-0.2, -0.15) is 0 Å². The van der Waals surface area contributed by atoms with Crippen LogP contribution in [-0.4, -0.2) is 34.6 Å². The summed E-state index contributed by atoms with van der Waals surface area (Å²) in [6.07, 6.45) is 2.62. The molecule has 6 heteroatoms. The molecule has 0 aliphatic heterocycles. The Hall–Kier alpha value is -1.59. The van der Waals surface area contributed by atoms with Crippen molar-refractivity contribution in [1.82, 2.24) is 5.32 Å². The van der Waals surface area contributed by atoms with Gasteiger partial charge >= 0.3 is 11.9 Å². The molecule has 1 rings (SSSR count). The summed E-state index contributed by atoms with van der Waals surface area (Å²) >= 11 is 0. The van der Waals surface area contributed by atoms with Crippen molar-refractivity contribution in [2.24, 2.45) is 11.8 Å². The van der Waals surface area contributed by atoms with Crippen molar-refractivity contribution in [1.29, 1.82) is 0 Å². The summed E-state index contributed by atoms with van der Waals surface area (Å²) < 4.78 is 0. The third-order valence-corrected chi connectivity index (χ3v) is 2.83. The van der Waals surface area contributed by atoms with Gasteiger partial charge in [0.15, 0.2) is 0 Å². The zero-order valence-corrected chi connectivity index (χ0v) is 8.81. The minimum Gasteiger partial charge on any atom is -0.481 e. The predicted octanol–water partition coefficient (Wildman–Crippen LogP) is 0.0782. The number of carbonyl (C=O) groups is 3. The van der Waals surface area contributed by atoms with E-state index < -0.39 is 36.2 Å². The van der Waals surface area contributed by atoms with Gasteiger partial charge in [-0.1, -0.05) is 12.8 Å². The molecule has 0 aromatic rings. The van der Waals surface area contributed by atoms with E-state index in [1.54, 1.807) is 0 Å². The molecule has 16 heavy (non-hydrogen) atoms. The summed E-state index contributed by atoms with van der Waals surface area (Å²) in [6.45, 7) is -0.457. The van der Waals surface area contributed by atoms with Crippen LogP contribution in [0.5, 0.6) is 0 Å². The first kappa shape index (κ1) is 12.5. The van der Waals surface area contributed by atoms with E-state index in [0.717, 1.165) is 12.8 Å². The maximum absolute atomic E-state index is 11.6. The smallest absolute Gasteiger partial charge is 0.322 e. The van der Waals surface area contributed by atoms with Crippen LogP contribution >= 0.6 is 0 Å². The molecule has 2 atom stereocenters. The fourth-order valence-corrected chi connectivity index (χ4v) is 2.03. The molecule has 1 fully saturated rings. The standard InChI is InChI=1S/C10H15NO5/c12-8(13)5-11-9(14)6-3-1-2-4-7(6)10(15)16/h6-7H,1-5H2,(H,11,14)(H,12,13)(H,15,16)/t6-,7+/m1/s1. The third-order valence-electron chi connectivity index (χ3n) is 2.83. The van der Waals surface area contributed by atoms with Gasteiger partial charge < -0.3 is 15.5 Å². The zero-order valence-electron chi connectivity index (χ0n) is 8.81. The second-order valence-corrected chi connectivity index (χ2v) is 3.95. The third kappa shape index (κ3) is 3.22. The topological polar surface area (TPSA) is 104 Å². The Balaban J connectivity index is 2.57. The Morgan fingerprint density at radius 1 is 1.06 bits per heavy atom. The molecule has 1 aliphatic rings. The highest BCUT2D eigenvalue weighted by Gasteiger charge is 2.35. The molecular formula is C10H15NO5. The van der Waals surface area contributed by atoms with E-state index in [-0.39, 0.29) is 0 Å². The average molecular weight is 229 g/mol. The predicted molar refractivity (Wildman–Crippen MR) is 53.7 cm³/mol. The monoisotopic (exact) mass is 229 g/mol. The van der Waals surface area contributed by atoms with Crippen molar-refractivity contribution in [3.63, 3.8) is 0 Å². The fraction of sp³-hybridized carbons (Fsp3) is 0.700. The van der Waals surface area contributed by atoms with Gasteiger partial charge in [0.1, 0.15) is 6.54 Å². The zero-order chi connectivity index (χ0) is 12.1. The minimum atomic E-state index is -1.13. The molecule has 0 saturated heterocycles. The van der Waals surface area contributed by atoms with Gasteiger partial charge in [0, 0.05) is 0 Å². The van der Waals surface area contributed by atoms with Gasteiger partial charge in [-0.25, -0.2) is 0 Å². The summed E-state index contributed by atoms with van der Waals surface area (Å²) in [7, 11) is 0. The number of rotatable bonds is 4. The van der Waals surface area contributed by atoms with Crippen molar-refractivity contribution in [2.75, 3.05) is 6.54 Å². The maximum Gasteiger partial charge on any atom is 0.322 e. The van der Waals surface area contributed by atoms with E-state index >= 15 is 0 Å². The number of amides is 1. The second-order valence-electron chi connectivity index (χ2n) is 3.95. The SMILES string of the molecule is O=C(O)CNC(=O)[C@@H]1CCCC[C@@H]1C(=O)O. The Bertz CT molecular complexity index is 302. The first-order chi connectivity index (χ1) is 7.52. The lowest BCUT2D eigenvalue weighted by Gasteiger charge is -2.27. The van der Waals surface area contributed by atoms with Crippen molar-refractivity contribution >= 4 is 17.8 Å². The number of nitrogens with one attached hydrogen (secondary N) is 1. The summed E-state index contributed by atoms with van der Waals surface area (Å²) in [5.74, 6) is -3.84. The molecule has 3 N–H and O–H groups in total. The van der Waals surface area contributed by atoms with Crippen molar-refractivity contribution in [3.05, 3.63) is 0 Å². The van der Waals surface area contributed by atoms with Crippen LogP contribution in [0.25, 0.3) is 0 Å². The fourth-order valence-electron chi connectivity index (χ4n) is 2.03. The lowest BCUT2D eigenvalue weighted by Crippen LogP contribution is -2.41. The first-order valence-electron chi connectivity index (χ1n) is 5.24. The second kappa shape index (κ2) is 5.48. The lowest BCUT2D eigenvalue weighted by molar-refractivity contribution is -0.149. The molecule has 0 heterocycles. The van der Waals surface area contributed by atoms with Crippen LogP contribution in [0, 0.1) is 11.8 Å². The quantitative estimate of drug-likeness (QED) is 0.633. The van der Waals surface area contributed by atoms with Crippen LogP contribution in [0.1, 0.15) is 25.7 Å². The average Bonchev–Trinajstić information content (AvgIpc) is 2.25. The van der Waals surface area contributed by atoms with Gasteiger partial charge in [0.05, 0.1) is 11.8 Å². The van der Waals surface area contributed by atoms with E-state index in [9.17, 15) is 14.4 Å². The highest BCUT2D eigenvalue weighted by molar-refractivity contribution is 5.87. The van der Waals surface area contributed by atoms with Crippen LogP contribution in [-0.2, 0) is 14.4 Å². The number of carbonyl (C=O) groups excluding carboxylic acids is 1. The highest BCUT2D eigenvalue weighted by atomic mass is 16.4. The normalized spacial score (nSPS) is 24.8. The molecule has 0 spiro atoms. The molecule has 1 amide bonds. The largest absolute Gasteiger partial charge is 0.481 e. The number of hydrogen-bond donors (Lipinski definition) is 3.